The Kier molecular flexibility index (Phi) is 8.38. The Balaban J connectivity index is 2.15. The molecule has 0 radical (unpaired) electrons. The van der Waals surface area contributed by atoms with E-state index in [1.54, 1.807) is 24.4 Å². The minimum absolute atomic E-state index is 0.202. The standard InChI is InChI=1S/C15H23N3OS/c1-2-3-4-5-8-11-16-15(20)18-17-12-13-9-6-7-10-14(13)19/h6-7,9-10,12,19H,2-5,8,11H2,1H3,(H2,16,18,20). The molecule has 1 aromatic rings. The first-order valence-corrected chi connectivity index (χ1v) is 7.49. The van der Waals surface area contributed by atoms with Gasteiger partial charge in [-0.3, -0.25) is 5.43 Å². The first kappa shape index (κ1) is 16.4. The molecule has 0 aromatic heterocycles. The van der Waals surface area contributed by atoms with E-state index in [2.05, 4.69) is 22.8 Å². The lowest BCUT2D eigenvalue weighted by molar-refractivity contribution is 0.474. The summed E-state index contributed by atoms with van der Waals surface area (Å²) in [6.45, 7) is 3.07. The number of nitrogens with zero attached hydrogens (tertiary/aromatic N) is 1. The lowest BCUT2D eigenvalue weighted by Gasteiger charge is -2.06. The van der Waals surface area contributed by atoms with Crippen LogP contribution in [0.25, 0.3) is 0 Å². The molecule has 0 aliphatic heterocycles. The molecule has 0 heterocycles. The number of thiocarbonyl (C=S) groups is 1. The van der Waals surface area contributed by atoms with E-state index in [9.17, 15) is 5.11 Å². The van der Waals surface area contributed by atoms with Crippen LogP contribution in [0.3, 0.4) is 0 Å². The van der Waals surface area contributed by atoms with E-state index in [0.29, 0.717) is 10.7 Å². The van der Waals surface area contributed by atoms with Gasteiger partial charge < -0.3 is 10.4 Å². The van der Waals surface area contributed by atoms with Crippen LogP contribution in [0.1, 0.15) is 44.6 Å². The van der Waals surface area contributed by atoms with Crippen molar-refractivity contribution in [2.24, 2.45) is 5.10 Å². The Morgan fingerprint density at radius 1 is 1.25 bits per heavy atom. The maximum Gasteiger partial charge on any atom is 0.186 e. The first-order chi connectivity index (χ1) is 9.74. The van der Waals surface area contributed by atoms with Crippen molar-refractivity contribution in [1.29, 1.82) is 0 Å². The molecule has 0 spiro atoms. The quantitative estimate of drug-likeness (QED) is 0.298. The lowest BCUT2D eigenvalue weighted by Crippen LogP contribution is -2.32. The van der Waals surface area contributed by atoms with Gasteiger partial charge in [-0.05, 0) is 30.8 Å². The summed E-state index contributed by atoms with van der Waals surface area (Å²) >= 11 is 5.10. The number of aromatic hydroxyl groups is 1. The van der Waals surface area contributed by atoms with Gasteiger partial charge in [-0.2, -0.15) is 5.10 Å². The zero-order chi connectivity index (χ0) is 14.6. The third-order valence-corrected chi connectivity index (χ3v) is 3.11. The highest BCUT2D eigenvalue weighted by molar-refractivity contribution is 7.80. The van der Waals surface area contributed by atoms with Crippen molar-refractivity contribution < 1.29 is 5.11 Å². The van der Waals surface area contributed by atoms with Crippen LogP contribution < -0.4 is 10.7 Å². The fraction of sp³-hybridized carbons (Fsp3) is 0.467. The molecule has 0 fully saturated rings. The summed E-state index contributed by atoms with van der Waals surface area (Å²) in [7, 11) is 0. The second-order valence-corrected chi connectivity index (χ2v) is 5.01. The highest BCUT2D eigenvalue weighted by Crippen LogP contribution is 2.12. The molecular weight excluding hydrogens is 270 g/mol. The molecule has 3 N–H and O–H groups in total. The van der Waals surface area contributed by atoms with Crippen molar-refractivity contribution in [2.75, 3.05) is 6.54 Å². The van der Waals surface area contributed by atoms with Crippen molar-refractivity contribution in [3.8, 4) is 5.75 Å². The number of hydrazone groups is 1. The van der Waals surface area contributed by atoms with E-state index in [-0.39, 0.29) is 5.75 Å². The molecule has 0 aliphatic rings. The van der Waals surface area contributed by atoms with Crippen LogP contribution in [0.15, 0.2) is 29.4 Å². The summed E-state index contributed by atoms with van der Waals surface area (Å²) in [5, 5.41) is 17.2. The number of para-hydroxylation sites is 1. The normalized spacial score (nSPS) is 10.7. The number of phenols is 1. The van der Waals surface area contributed by atoms with Crippen LogP contribution in [0.2, 0.25) is 0 Å². The maximum atomic E-state index is 9.55. The average Bonchev–Trinajstić information content (AvgIpc) is 2.45. The summed E-state index contributed by atoms with van der Waals surface area (Å²) in [5.41, 5.74) is 3.39. The van der Waals surface area contributed by atoms with Gasteiger partial charge in [-0.25, -0.2) is 0 Å². The topological polar surface area (TPSA) is 56.7 Å². The van der Waals surface area contributed by atoms with Crippen LogP contribution in [0.5, 0.6) is 5.75 Å². The Labute approximate surface area is 126 Å². The summed E-state index contributed by atoms with van der Waals surface area (Å²) in [4.78, 5) is 0. The monoisotopic (exact) mass is 293 g/mol. The van der Waals surface area contributed by atoms with Gasteiger partial charge in [0.25, 0.3) is 0 Å². The second-order valence-electron chi connectivity index (χ2n) is 4.60. The lowest BCUT2D eigenvalue weighted by atomic mass is 10.1. The zero-order valence-electron chi connectivity index (χ0n) is 11.9. The minimum Gasteiger partial charge on any atom is -0.507 e. The van der Waals surface area contributed by atoms with E-state index in [1.165, 1.54) is 25.7 Å². The smallest absolute Gasteiger partial charge is 0.186 e. The largest absolute Gasteiger partial charge is 0.507 e. The van der Waals surface area contributed by atoms with E-state index < -0.39 is 0 Å². The molecular formula is C15H23N3OS. The van der Waals surface area contributed by atoms with Gasteiger partial charge in [0, 0.05) is 12.1 Å². The number of unbranched alkanes of at least 4 members (excludes halogenated alkanes) is 4. The highest BCUT2D eigenvalue weighted by Gasteiger charge is 1.96. The number of phenolic OH excluding ortho intramolecular Hbond substituents is 1. The summed E-state index contributed by atoms with van der Waals surface area (Å²) in [5.74, 6) is 0.202. The molecule has 4 nitrogen and oxygen atoms in total. The van der Waals surface area contributed by atoms with Gasteiger partial charge in [-0.15, -0.1) is 0 Å². The molecule has 0 saturated heterocycles. The highest BCUT2D eigenvalue weighted by atomic mass is 32.1. The van der Waals surface area contributed by atoms with E-state index in [4.69, 9.17) is 12.2 Å². The van der Waals surface area contributed by atoms with E-state index >= 15 is 0 Å². The Hall–Kier alpha value is -1.62. The van der Waals surface area contributed by atoms with Gasteiger partial charge >= 0.3 is 0 Å². The summed E-state index contributed by atoms with van der Waals surface area (Å²) in [6.07, 6.45) is 7.73. The molecule has 0 bridgehead atoms. The average molecular weight is 293 g/mol. The molecule has 0 atom stereocenters. The predicted octanol–water partition coefficient (Wildman–Crippen LogP) is 3.16. The molecule has 5 heteroatoms. The first-order valence-electron chi connectivity index (χ1n) is 7.09. The van der Waals surface area contributed by atoms with Crippen LogP contribution in [0, 0.1) is 0 Å². The van der Waals surface area contributed by atoms with Gasteiger partial charge in [0.05, 0.1) is 6.21 Å². The third kappa shape index (κ3) is 7.09. The second kappa shape index (κ2) is 10.2. The van der Waals surface area contributed by atoms with Gasteiger partial charge in [0.15, 0.2) is 5.11 Å². The molecule has 110 valence electrons. The summed E-state index contributed by atoms with van der Waals surface area (Å²) < 4.78 is 0. The van der Waals surface area contributed by atoms with Gasteiger partial charge in [-0.1, -0.05) is 44.7 Å². The fourth-order valence-corrected chi connectivity index (χ4v) is 1.88. The number of nitrogens with one attached hydrogen (secondary N) is 2. The fourth-order valence-electron chi connectivity index (χ4n) is 1.73. The van der Waals surface area contributed by atoms with E-state index in [0.717, 1.165) is 13.0 Å². The predicted molar refractivity (Wildman–Crippen MR) is 88.2 cm³/mol. The van der Waals surface area contributed by atoms with Crippen LogP contribution in [-0.4, -0.2) is 23.0 Å². The Morgan fingerprint density at radius 2 is 2.00 bits per heavy atom. The SMILES string of the molecule is CCCCCCCNC(=S)NN=Cc1ccccc1O. The van der Waals surface area contributed by atoms with Gasteiger partial charge in [0.2, 0.25) is 0 Å². The number of benzene rings is 1. The van der Waals surface area contributed by atoms with Crippen molar-refractivity contribution in [2.45, 2.75) is 39.0 Å². The van der Waals surface area contributed by atoms with E-state index in [1.807, 2.05) is 6.07 Å². The molecule has 1 rings (SSSR count). The molecule has 1 aromatic carbocycles. The maximum absolute atomic E-state index is 9.55. The van der Waals surface area contributed by atoms with Crippen molar-refractivity contribution in [1.82, 2.24) is 10.7 Å². The van der Waals surface area contributed by atoms with Gasteiger partial charge in [0.1, 0.15) is 5.75 Å². The van der Waals surface area contributed by atoms with Crippen LogP contribution in [-0.2, 0) is 0 Å². The van der Waals surface area contributed by atoms with Crippen molar-refractivity contribution in [3.63, 3.8) is 0 Å². The minimum atomic E-state index is 0.202. The van der Waals surface area contributed by atoms with Crippen LogP contribution in [0.4, 0.5) is 0 Å². The number of hydrogen-bond acceptors (Lipinski definition) is 3. The number of rotatable bonds is 8. The number of hydrogen-bond donors (Lipinski definition) is 3. The molecule has 0 aliphatic carbocycles. The van der Waals surface area contributed by atoms with Crippen molar-refractivity contribution in [3.05, 3.63) is 29.8 Å². The Bertz CT molecular complexity index is 435. The molecule has 0 unspecified atom stereocenters. The molecule has 20 heavy (non-hydrogen) atoms. The molecule has 0 saturated carbocycles. The summed E-state index contributed by atoms with van der Waals surface area (Å²) in [6, 6.07) is 7.01. The van der Waals surface area contributed by atoms with Crippen LogP contribution >= 0.6 is 12.2 Å². The molecule has 0 amide bonds. The van der Waals surface area contributed by atoms with Crippen molar-refractivity contribution >= 4 is 23.5 Å². The third-order valence-electron chi connectivity index (χ3n) is 2.87. The zero-order valence-corrected chi connectivity index (χ0v) is 12.7. The Morgan fingerprint density at radius 3 is 2.75 bits per heavy atom.